The third-order valence-electron chi connectivity index (χ3n) is 1.91. The summed E-state index contributed by atoms with van der Waals surface area (Å²) < 4.78 is 0.768. The van der Waals surface area contributed by atoms with Crippen molar-refractivity contribution in [2.45, 2.75) is 19.4 Å². The van der Waals surface area contributed by atoms with Crippen molar-refractivity contribution in [1.29, 1.82) is 0 Å². The molecule has 0 radical (unpaired) electrons. The molecule has 4 nitrogen and oxygen atoms in total. The molecule has 15 heavy (non-hydrogen) atoms. The quantitative estimate of drug-likeness (QED) is 0.870. The Bertz CT molecular complexity index is 344. The Morgan fingerprint density at radius 2 is 2.40 bits per heavy atom. The van der Waals surface area contributed by atoms with Crippen molar-refractivity contribution in [3.63, 3.8) is 0 Å². The van der Waals surface area contributed by atoms with Crippen molar-refractivity contribution < 1.29 is 9.90 Å². The molecule has 2 N–H and O–H groups in total. The summed E-state index contributed by atoms with van der Waals surface area (Å²) in [5, 5.41) is 11.5. The zero-order chi connectivity index (χ0) is 11.3. The second kappa shape index (κ2) is 5.82. The number of pyridine rings is 1. The highest BCUT2D eigenvalue weighted by molar-refractivity contribution is 9.10. The van der Waals surface area contributed by atoms with E-state index in [0.717, 1.165) is 4.47 Å². The second-order valence-electron chi connectivity index (χ2n) is 3.28. The average molecular weight is 273 g/mol. The number of carbonyl (C=O) groups excluding carboxylic acids is 1. The van der Waals surface area contributed by atoms with Gasteiger partial charge in [0.15, 0.2) is 0 Å². The summed E-state index contributed by atoms with van der Waals surface area (Å²) in [4.78, 5) is 15.5. The number of carbonyl (C=O) groups is 1. The Morgan fingerprint density at radius 3 is 3.00 bits per heavy atom. The van der Waals surface area contributed by atoms with Gasteiger partial charge in [0.25, 0.3) is 5.91 Å². The molecule has 0 spiro atoms. The maximum absolute atomic E-state index is 11.6. The summed E-state index contributed by atoms with van der Waals surface area (Å²) in [6.07, 6.45) is 3.67. The van der Waals surface area contributed by atoms with E-state index in [2.05, 4.69) is 26.2 Å². The van der Waals surface area contributed by atoms with Gasteiger partial charge in [-0.05, 0) is 35.3 Å². The molecular formula is C10H13BrN2O2. The Labute approximate surface area is 96.8 Å². The van der Waals surface area contributed by atoms with E-state index in [0.29, 0.717) is 12.0 Å². The topological polar surface area (TPSA) is 62.2 Å². The van der Waals surface area contributed by atoms with Crippen LogP contribution < -0.4 is 5.32 Å². The Kier molecular flexibility index (Phi) is 4.71. The van der Waals surface area contributed by atoms with Crippen molar-refractivity contribution in [2.24, 2.45) is 0 Å². The summed E-state index contributed by atoms with van der Waals surface area (Å²) >= 11 is 3.24. The van der Waals surface area contributed by atoms with Gasteiger partial charge in [0.05, 0.1) is 5.56 Å². The highest BCUT2D eigenvalue weighted by atomic mass is 79.9. The standard InChI is InChI=1S/C10H13BrN2O2/c1-7(2-3-14)13-10(15)8-4-9(11)6-12-5-8/h4-7,14H,2-3H2,1H3,(H,13,15). The van der Waals surface area contributed by atoms with E-state index in [1.807, 2.05) is 6.92 Å². The molecule has 0 aliphatic rings. The van der Waals surface area contributed by atoms with Crippen molar-refractivity contribution in [3.8, 4) is 0 Å². The maximum atomic E-state index is 11.6. The van der Waals surface area contributed by atoms with Gasteiger partial charge in [-0.15, -0.1) is 0 Å². The van der Waals surface area contributed by atoms with Crippen LogP contribution in [0.5, 0.6) is 0 Å². The summed E-state index contributed by atoms with van der Waals surface area (Å²) in [5.41, 5.74) is 0.508. The zero-order valence-corrected chi connectivity index (χ0v) is 9.99. The number of amides is 1. The smallest absolute Gasteiger partial charge is 0.253 e. The lowest BCUT2D eigenvalue weighted by Crippen LogP contribution is -2.33. The summed E-state index contributed by atoms with van der Waals surface area (Å²) in [5.74, 6) is -0.176. The first kappa shape index (κ1) is 12.1. The molecule has 0 saturated carbocycles. The fourth-order valence-corrected chi connectivity index (χ4v) is 1.47. The van der Waals surface area contributed by atoms with E-state index < -0.39 is 0 Å². The lowest BCUT2D eigenvalue weighted by molar-refractivity contribution is 0.0934. The Balaban J connectivity index is 2.61. The minimum atomic E-state index is -0.176. The van der Waals surface area contributed by atoms with Crippen LogP contribution in [0, 0.1) is 0 Å². The van der Waals surface area contributed by atoms with E-state index in [1.54, 1.807) is 12.3 Å². The number of nitrogens with zero attached hydrogens (tertiary/aromatic N) is 1. The fourth-order valence-electron chi connectivity index (χ4n) is 1.11. The molecule has 1 aromatic heterocycles. The molecule has 1 heterocycles. The van der Waals surface area contributed by atoms with Gasteiger partial charge in [-0.2, -0.15) is 0 Å². The van der Waals surface area contributed by atoms with Crippen LogP contribution in [0.4, 0.5) is 0 Å². The fraction of sp³-hybridized carbons (Fsp3) is 0.400. The molecule has 0 aliphatic carbocycles. The van der Waals surface area contributed by atoms with Gasteiger partial charge < -0.3 is 10.4 Å². The lowest BCUT2D eigenvalue weighted by atomic mass is 10.2. The minimum Gasteiger partial charge on any atom is -0.396 e. The molecule has 0 fully saturated rings. The number of aromatic nitrogens is 1. The monoisotopic (exact) mass is 272 g/mol. The van der Waals surface area contributed by atoms with Crippen molar-refractivity contribution in [1.82, 2.24) is 10.3 Å². The SMILES string of the molecule is CC(CCO)NC(=O)c1cncc(Br)c1. The normalized spacial score (nSPS) is 12.2. The van der Waals surface area contributed by atoms with Gasteiger partial charge in [-0.3, -0.25) is 9.78 Å². The molecule has 0 bridgehead atoms. The summed E-state index contributed by atoms with van der Waals surface area (Å²) in [6, 6.07) is 1.66. The number of nitrogens with one attached hydrogen (secondary N) is 1. The number of hydrogen-bond donors (Lipinski definition) is 2. The van der Waals surface area contributed by atoms with Gasteiger partial charge in [0, 0.05) is 29.5 Å². The van der Waals surface area contributed by atoms with Crippen LogP contribution in [0.25, 0.3) is 0 Å². The first-order valence-electron chi connectivity index (χ1n) is 4.65. The van der Waals surface area contributed by atoms with Gasteiger partial charge in [0.1, 0.15) is 0 Å². The van der Waals surface area contributed by atoms with E-state index in [-0.39, 0.29) is 18.6 Å². The van der Waals surface area contributed by atoms with Gasteiger partial charge >= 0.3 is 0 Å². The molecule has 0 saturated heterocycles. The highest BCUT2D eigenvalue weighted by Crippen LogP contribution is 2.09. The Morgan fingerprint density at radius 1 is 1.67 bits per heavy atom. The molecular weight excluding hydrogens is 260 g/mol. The second-order valence-corrected chi connectivity index (χ2v) is 4.19. The molecule has 1 unspecified atom stereocenters. The average Bonchev–Trinajstić information content (AvgIpc) is 2.18. The van der Waals surface area contributed by atoms with Crippen LogP contribution in [-0.4, -0.2) is 28.6 Å². The van der Waals surface area contributed by atoms with Crippen LogP contribution in [-0.2, 0) is 0 Å². The minimum absolute atomic E-state index is 0.0403. The number of rotatable bonds is 4. The first-order valence-corrected chi connectivity index (χ1v) is 5.45. The Hall–Kier alpha value is -0.940. The molecule has 1 atom stereocenters. The zero-order valence-electron chi connectivity index (χ0n) is 8.40. The predicted molar refractivity (Wildman–Crippen MR) is 60.6 cm³/mol. The number of aliphatic hydroxyl groups is 1. The van der Waals surface area contributed by atoms with Gasteiger partial charge in [-0.25, -0.2) is 0 Å². The first-order chi connectivity index (χ1) is 7.13. The van der Waals surface area contributed by atoms with Crippen molar-refractivity contribution in [3.05, 3.63) is 28.5 Å². The largest absolute Gasteiger partial charge is 0.396 e. The van der Waals surface area contributed by atoms with E-state index in [4.69, 9.17) is 5.11 Å². The van der Waals surface area contributed by atoms with E-state index >= 15 is 0 Å². The van der Waals surface area contributed by atoms with Crippen molar-refractivity contribution >= 4 is 21.8 Å². The number of halogens is 1. The maximum Gasteiger partial charge on any atom is 0.253 e. The van der Waals surface area contributed by atoms with Crippen LogP contribution in [0.15, 0.2) is 22.9 Å². The summed E-state index contributed by atoms with van der Waals surface area (Å²) in [7, 11) is 0. The van der Waals surface area contributed by atoms with Gasteiger partial charge in [0.2, 0.25) is 0 Å². The van der Waals surface area contributed by atoms with Crippen LogP contribution in [0.3, 0.4) is 0 Å². The summed E-state index contributed by atoms with van der Waals surface area (Å²) in [6.45, 7) is 1.91. The molecule has 82 valence electrons. The molecule has 0 aliphatic heterocycles. The molecule has 5 heteroatoms. The van der Waals surface area contributed by atoms with Crippen LogP contribution >= 0.6 is 15.9 Å². The highest BCUT2D eigenvalue weighted by Gasteiger charge is 2.09. The van der Waals surface area contributed by atoms with Crippen LogP contribution in [0.1, 0.15) is 23.7 Å². The third-order valence-corrected chi connectivity index (χ3v) is 2.34. The predicted octanol–water partition coefficient (Wildman–Crippen LogP) is 1.34. The molecule has 1 amide bonds. The number of hydrogen-bond acceptors (Lipinski definition) is 3. The van der Waals surface area contributed by atoms with E-state index in [1.165, 1.54) is 6.20 Å². The molecule has 1 rings (SSSR count). The van der Waals surface area contributed by atoms with Crippen LogP contribution in [0.2, 0.25) is 0 Å². The number of aliphatic hydroxyl groups excluding tert-OH is 1. The molecule has 1 aromatic rings. The third kappa shape index (κ3) is 3.97. The lowest BCUT2D eigenvalue weighted by Gasteiger charge is -2.12. The molecule has 0 aromatic carbocycles. The van der Waals surface area contributed by atoms with Crippen molar-refractivity contribution in [2.75, 3.05) is 6.61 Å². The van der Waals surface area contributed by atoms with Gasteiger partial charge in [-0.1, -0.05) is 0 Å². The van der Waals surface area contributed by atoms with E-state index in [9.17, 15) is 4.79 Å².